The molecule has 4 nitrogen and oxygen atoms in total. The highest BCUT2D eigenvalue weighted by atomic mass is 35.5. The molecule has 0 aromatic carbocycles. The predicted molar refractivity (Wildman–Crippen MR) is 64.2 cm³/mol. The minimum absolute atomic E-state index is 0.261. The summed E-state index contributed by atoms with van der Waals surface area (Å²) in [6.07, 6.45) is 1.98. The first-order valence-electron chi connectivity index (χ1n) is 5.67. The average molecular weight is 256 g/mol. The van der Waals surface area contributed by atoms with Gasteiger partial charge in [0.25, 0.3) is 5.56 Å². The van der Waals surface area contributed by atoms with Crippen LogP contribution in [0.5, 0.6) is 0 Å². The van der Waals surface area contributed by atoms with Crippen LogP contribution < -0.4 is 5.56 Å². The van der Waals surface area contributed by atoms with Crippen molar-refractivity contribution in [3.05, 3.63) is 33.7 Å². The van der Waals surface area contributed by atoms with E-state index in [-0.39, 0.29) is 16.7 Å². The van der Waals surface area contributed by atoms with E-state index in [1.807, 2.05) is 6.92 Å². The predicted octanol–water partition coefficient (Wildman–Crippen LogP) is 1.94. The SMILES string of the molecule is CCCOC(=O)C1(n2c(Cl)cccc2=O)CC1. The summed E-state index contributed by atoms with van der Waals surface area (Å²) in [6, 6.07) is 4.59. The lowest BCUT2D eigenvalue weighted by Gasteiger charge is -2.18. The fourth-order valence-corrected chi connectivity index (χ4v) is 2.16. The zero-order chi connectivity index (χ0) is 12.5. The average Bonchev–Trinajstić information content (AvgIpc) is 3.07. The van der Waals surface area contributed by atoms with Crippen LogP contribution in [0.3, 0.4) is 0 Å². The number of hydrogen-bond acceptors (Lipinski definition) is 3. The van der Waals surface area contributed by atoms with Crippen LogP contribution in [0.1, 0.15) is 26.2 Å². The van der Waals surface area contributed by atoms with Crippen molar-refractivity contribution in [1.29, 1.82) is 0 Å². The van der Waals surface area contributed by atoms with Crippen LogP contribution in [0.15, 0.2) is 23.0 Å². The Bertz CT molecular complexity index is 491. The molecule has 1 aromatic rings. The molecule has 0 saturated heterocycles. The summed E-state index contributed by atoms with van der Waals surface area (Å²) in [4.78, 5) is 23.7. The summed E-state index contributed by atoms with van der Waals surface area (Å²) in [5, 5.41) is 0.281. The van der Waals surface area contributed by atoms with E-state index in [9.17, 15) is 9.59 Å². The molecule has 0 amide bonds. The molecule has 0 spiro atoms. The number of hydrogen-bond donors (Lipinski definition) is 0. The molecule has 17 heavy (non-hydrogen) atoms. The molecule has 0 unspecified atom stereocenters. The number of carbonyl (C=O) groups is 1. The van der Waals surface area contributed by atoms with Gasteiger partial charge in [-0.05, 0) is 25.3 Å². The van der Waals surface area contributed by atoms with Crippen molar-refractivity contribution >= 4 is 17.6 Å². The molecule has 1 aliphatic rings. The van der Waals surface area contributed by atoms with Gasteiger partial charge in [-0.3, -0.25) is 9.36 Å². The molecular formula is C12H14ClNO3. The summed E-state index contributed by atoms with van der Waals surface area (Å²) in [5.41, 5.74) is -1.12. The molecular weight excluding hydrogens is 242 g/mol. The molecule has 1 fully saturated rings. The second kappa shape index (κ2) is 4.53. The second-order valence-corrected chi connectivity index (χ2v) is 4.58. The van der Waals surface area contributed by atoms with Crippen molar-refractivity contribution in [3.63, 3.8) is 0 Å². The number of aromatic nitrogens is 1. The van der Waals surface area contributed by atoms with E-state index in [0.29, 0.717) is 19.4 Å². The Morgan fingerprint density at radius 3 is 2.76 bits per heavy atom. The number of carbonyl (C=O) groups excluding carboxylic acids is 1. The van der Waals surface area contributed by atoms with Crippen LogP contribution in [-0.2, 0) is 15.1 Å². The molecule has 92 valence electrons. The van der Waals surface area contributed by atoms with Gasteiger partial charge in [-0.15, -0.1) is 0 Å². The van der Waals surface area contributed by atoms with E-state index in [1.165, 1.54) is 10.6 Å². The van der Waals surface area contributed by atoms with Gasteiger partial charge in [0.1, 0.15) is 10.7 Å². The monoisotopic (exact) mass is 255 g/mol. The first-order chi connectivity index (χ1) is 8.12. The summed E-state index contributed by atoms with van der Waals surface area (Å²) in [7, 11) is 0. The van der Waals surface area contributed by atoms with Crippen LogP contribution >= 0.6 is 11.6 Å². The Labute approximate surface area is 104 Å². The van der Waals surface area contributed by atoms with Crippen LogP contribution in [0.25, 0.3) is 0 Å². The lowest BCUT2D eigenvalue weighted by molar-refractivity contribution is -0.149. The quantitative estimate of drug-likeness (QED) is 0.610. The third kappa shape index (κ3) is 2.09. The number of pyridine rings is 1. The summed E-state index contributed by atoms with van der Waals surface area (Å²) in [6.45, 7) is 2.30. The standard InChI is InChI=1S/C12H14ClNO3/c1-2-8-17-11(16)12(6-7-12)14-9(13)4-3-5-10(14)15/h3-5H,2,6-8H2,1H3. The molecule has 1 aromatic heterocycles. The van der Waals surface area contributed by atoms with Gasteiger partial charge in [0.2, 0.25) is 0 Å². The van der Waals surface area contributed by atoms with Crippen LogP contribution in [-0.4, -0.2) is 17.1 Å². The number of nitrogens with zero attached hydrogens (tertiary/aromatic N) is 1. The summed E-state index contributed by atoms with van der Waals surface area (Å²) >= 11 is 5.99. The van der Waals surface area contributed by atoms with Crippen molar-refractivity contribution in [3.8, 4) is 0 Å². The van der Waals surface area contributed by atoms with E-state index < -0.39 is 5.54 Å². The van der Waals surface area contributed by atoms with Gasteiger partial charge >= 0.3 is 5.97 Å². The van der Waals surface area contributed by atoms with Gasteiger partial charge in [-0.1, -0.05) is 24.6 Å². The van der Waals surface area contributed by atoms with Gasteiger partial charge in [-0.2, -0.15) is 0 Å². The fraction of sp³-hybridized carbons (Fsp3) is 0.500. The smallest absolute Gasteiger partial charge is 0.332 e. The minimum atomic E-state index is -0.857. The van der Waals surface area contributed by atoms with E-state index in [1.54, 1.807) is 12.1 Å². The number of esters is 1. The van der Waals surface area contributed by atoms with Gasteiger partial charge in [0.05, 0.1) is 6.61 Å². The Morgan fingerprint density at radius 1 is 1.53 bits per heavy atom. The molecule has 1 aliphatic carbocycles. The van der Waals surface area contributed by atoms with E-state index >= 15 is 0 Å². The first kappa shape index (κ1) is 12.2. The second-order valence-electron chi connectivity index (χ2n) is 4.19. The molecule has 1 heterocycles. The minimum Gasteiger partial charge on any atom is -0.464 e. The Hall–Kier alpha value is -1.29. The molecule has 2 rings (SSSR count). The maximum absolute atomic E-state index is 12.0. The highest BCUT2D eigenvalue weighted by Gasteiger charge is 2.54. The molecule has 1 saturated carbocycles. The van der Waals surface area contributed by atoms with Crippen LogP contribution in [0, 0.1) is 0 Å². The number of rotatable bonds is 4. The first-order valence-corrected chi connectivity index (χ1v) is 6.05. The Kier molecular flexibility index (Phi) is 3.24. The van der Waals surface area contributed by atoms with Crippen LogP contribution in [0.4, 0.5) is 0 Å². The fourth-order valence-electron chi connectivity index (χ4n) is 1.85. The van der Waals surface area contributed by atoms with Gasteiger partial charge in [-0.25, -0.2) is 4.79 Å². The van der Waals surface area contributed by atoms with Crippen molar-refractivity contribution in [1.82, 2.24) is 4.57 Å². The largest absolute Gasteiger partial charge is 0.464 e. The number of halogens is 1. The van der Waals surface area contributed by atoms with Crippen LogP contribution in [0.2, 0.25) is 5.15 Å². The molecule has 0 N–H and O–H groups in total. The summed E-state index contributed by atoms with van der Waals surface area (Å²) in [5.74, 6) is -0.352. The van der Waals surface area contributed by atoms with Crippen molar-refractivity contribution < 1.29 is 9.53 Å². The van der Waals surface area contributed by atoms with Crippen molar-refractivity contribution in [2.75, 3.05) is 6.61 Å². The van der Waals surface area contributed by atoms with Gasteiger partial charge in [0.15, 0.2) is 0 Å². The Balaban J connectivity index is 2.33. The maximum atomic E-state index is 12.0. The molecule has 0 atom stereocenters. The van der Waals surface area contributed by atoms with Gasteiger partial charge < -0.3 is 4.74 Å². The number of ether oxygens (including phenoxy) is 1. The highest BCUT2D eigenvalue weighted by Crippen LogP contribution is 2.45. The van der Waals surface area contributed by atoms with Crippen molar-refractivity contribution in [2.45, 2.75) is 31.7 Å². The zero-order valence-electron chi connectivity index (χ0n) is 9.61. The molecule has 0 radical (unpaired) electrons. The van der Waals surface area contributed by atoms with Crippen molar-refractivity contribution in [2.24, 2.45) is 0 Å². The molecule has 0 bridgehead atoms. The Morgan fingerprint density at radius 2 is 2.24 bits per heavy atom. The zero-order valence-corrected chi connectivity index (χ0v) is 10.4. The molecule has 0 aliphatic heterocycles. The van der Waals surface area contributed by atoms with Gasteiger partial charge in [0, 0.05) is 6.07 Å². The highest BCUT2D eigenvalue weighted by molar-refractivity contribution is 6.29. The lowest BCUT2D eigenvalue weighted by Crippen LogP contribution is -2.37. The third-order valence-electron chi connectivity index (χ3n) is 2.88. The summed E-state index contributed by atoms with van der Waals surface area (Å²) < 4.78 is 6.47. The van der Waals surface area contributed by atoms with E-state index in [0.717, 1.165) is 6.42 Å². The topological polar surface area (TPSA) is 48.3 Å². The van der Waals surface area contributed by atoms with E-state index in [2.05, 4.69) is 0 Å². The maximum Gasteiger partial charge on any atom is 0.332 e. The normalized spacial score (nSPS) is 16.6. The third-order valence-corrected chi connectivity index (χ3v) is 3.17. The lowest BCUT2D eigenvalue weighted by atomic mass is 10.2. The van der Waals surface area contributed by atoms with E-state index in [4.69, 9.17) is 16.3 Å². The molecule has 5 heteroatoms.